The second kappa shape index (κ2) is 6.88. The van der Waals surface area contributed by atoms with Crippen molar-refractivity contribution in [2.75, 3.05) is 11.4 Å². The van der Waals surface area contributed by atoms with Crippen molar-refractivity contribution in [1.29, 1.82) is 0 Å². The van der Waals surface area contributed by atoms with Gasteiger partial charge >= 0.3 is 0 Å². The van der Waals surface area contributed by atoms with Crippen LogP contribution in [0.2, 0.25) is 0 Å². The van der Waals surface area contributed by atoms with Crippen LogP contribution in [0.1, 0.15) is 12.5 Å². The van der Waals surface area contributed by atoms with Crippen LogP contribution in [0, 0.1) is 6.92 Å². The molecule has 136 valence electrons. The largest absolute Gasteiger partial charge is 0.332 e. The quantitative estimate of drug-likeness (QED) is 0.538. The summed E-state index contributed by atoms with van der Waals surface area (Å²) in [5.74, 6) is 0. The first-order valence-corrected chi connectivity index (χ1v) is 14.1. The summed E-state index contributed by atoms with van der Waals surface area (Å²) in [6, 6.07) is 6.65. The van der Waals surface area contributed by atoms with Gasteiger partial charge in [0.1, 0.15) is 19.8 Å². The fourth-order valence-electron chi connectivity index (χ4n) is 2.50. The molecule has 1 aliphatic rings. The number of sulfonamides is 1. The molecular formula is C15H12N2O3S6. The summed E-state index contributed by atoms with van der Waals surface area (Å²) in [5, 5.41) is 0. The van der Waals surface area contributed by atoms with Gasteiger partial charge in [0.2, 0.25) is 0 Å². The van der Waals surface area contributed by atoms with Crippen molar-refractivity contribution in [1.82, 2.24) is 0 Å². The van der Waals surface area contributed by atoms with E-state index in [0.29, 0.717) is 16.9 Å². The van der Waals surface area contributed by atoms with E-state index in [1.807, 2.05) is 18.7 Å². The van der Waals surface area contributed by atoms with E-state index in [2.05, 4.69) is 4.40 Å². The summed E-state index contributed by atoms with van der Waals surface area (Å²) in [4.78, 5) is 14.3. The minimum absolute atomic E-state index is 0.00791. The molecule has 4 rings (SSSR count). The Morgan fingerprint density at radius 1 is 1.00 bits per heavy atom. The van der Waals surface area contributed by atoms with Gasteiger partial charge in [-0.05, 0) is 36.3 Å². The highest BCUT2D eigenvalue weighted by Crippen LogP contribution is 2.51. The average Bonchev–Trinajstić information content (AvgIpc) is 3.17. The number of benzene rings is 1. The third kappa shape index (κ3) is 3.10. The van der Waals surface area contributed by atoms with Crippen LogP contribution in [0.5, 0.6) is 0 Å². The minimum atomic E-state index is -3.81. The number of rotatable bonds is 3. The van der Waals surface area contributed by atoms with Crippen molar-refractivity contribution in [3.63, 3.8) is 0 Å². The molecule has 0 radical (unpaired) electrons. The Labute approximate surface area is 169 Å². The maximum atomic E-state index is 12.7. The minimum Gasteiger partial charge on any atom is -0.332 e. The maximum Gasteiger partial charge on any atom is 0.283 e. The molecule has 0 atom stereocenters. The van der Waals surface area contributed by atoms with Gasteiger partial charge in [0.25, 0.3) is 14.8 Å². The molecular weight excluding hydrogens is 449 g/mol. The number of hydrogen-bond acceptors (Lipinski definition) is 9. The van der Waals surface area contributed by atoms with Crippen LogP contribution in [0.25, 0.3) is 0 Å². The SMILES string of the molecule is CCN1c2c(ssc2=O)Sc2ss/c(=N\S(=O)(=O)c3ccc(C)cc3)c21. The lowest BCUT2D eigenvalue weighted by Crippen LogP contribution is -2.27. The van der Waals surface area contributed by atoms with Gasteiger partial charge in [0.15, 0.2) is 4.67 Å². The summed E-state index contributed by atoms with van der Waals surface area (Å²) in [6.07, 6.45) is 0. The monoisotopic (exact) mass is 460 g/mol. The third-order valence-corrected chi connectivity index (χ3v) is 11.6. The highest BCUT2D eigenvalue weighted by Gasteiger charge is 2.31. The number of aryl methyl sites for hydroxylation is 1. The van der Waals surface area contributed by atoms with E-state index >= 15 is 0 Å². The number of fused-ring (bicyclic) bond motifs is 2. The molecule has 26 heavy (non-hydrogen) atoms. The molecule has 5 nitrogen and oxygen atoms in total. The van der Waals surface area contributed by atoms with E-state index in [0.717, 1.165) is 19.7 Å². The molecule has 0 spiro atoms. The van der Waals surface area contributed by atoms with Crippen molar-refractivity contribution in [2.24, 2.45) is 4.40 Å². The molecule has 11 heteroatoms. The molecule has 0 bridgehead atoms. The molecule has 0 unspecified atom stereocenters. The molecule has 3 heterocycles. The van der Waals surface area contributed by atoms with Gasteiger partial charge in [-0.1, -0.05) is 60.5 Å². The molecule has 0 saturated heterocycles. The smallest absolute Gasteiger partial charge is 0.283 e. The zero-order chi connectivity index (χ0) is 18.5. The normalized spacial score (nSPS) is 14.4. The Morgan fingerprint density at radius 3 is 2.35 bits per heavy atom. The molecule has 0 saturated carbocycles. The van der Waals surface area contributed by atoms with Gasteiger partial charge < -0.3 is 4.90 Å². The van der Waals surface area contributed by atoms with E-state index in [-0.39, 0.29) is 9.64 Å². The van der Waals surface area contributed by atoms with Crippen molar-refractivity contribution in [3.8, 4) is 0 Å². The Hall–Kier alpha value is -0.980. The molecule has 0 amide bonds. The summed E-state index contributed by atoms with van der Waals surface area (Å²) >= 11 is 1.53. The number of anilines is 2. The lowest BCUT2D eigenvalue weighted by atomic mass is 10.2. The first-order chi connectivity index (χ1) is 12.4. The van der Waals surface area contributed by atoms with Gasteiger partial charge in [-0.25, -0.2) is 0 Å². The average molecular weight is 461 g/mol. The molecule has 1 aliphatic heterocycles. The summed E-state index contributed by atoms with van der Waals surface area (Å²) in [6.45, 7) is 4.43. The predicted octanol–water partition coefficient (Wildman–Crippen LogP) is 4.51. The zero-order valence-electron chi connectivity index (χ0n) is 13.6. The Balaban J connectivity index is 1.87. The number of nitrogens with zero attached hydrogens (tertiary/aromatic N) is 2. The number of hydrogen-bond donors (Lipinski definition) is 0. The standard InChI is InChI=1S/C15H12N2O3S6/c1-3-17-10-12(16-26(19,20)9-6-4-8(2)5-7-9)22-24-14(10)21-15-11(17)13(18)23-25-15/h4-7H,3H2,1-2H3/b16-12-. The fraction of sp³-hybridized carbons (Fsp3) is 0.200. The van der Waals surface area contributed by atoms with E-state index in [9.17, 15) is 13.2 Å². The topological polar surface area (TPSA) is 66.8 Å². The van der Waals surface area contributed by atoms with Crippen LogP contribution in [0.3, 0.4) is 0 Å². The van der Waals surface area contributed by atoms with Crippen LogP contribution in [0.15, 0.2) is 46.8 Å². The predicted molar refractivity (Wildman–Crippen MR) is 111 cm³/mol. The van der Waals surface area contributed by atoms with E-state index < -0.39 is 10.0 Å². The third-order valence-electron chi connectivity index (χ3n) is 3.74. The van der Waals surface area contributed by atoms with Crippen LogP contribution < -0.4 is 14.3 Å². The highest BCUT2D eigenvalue weighted by molar-refractivity contribution is 8.06. The molecule has 2 aromatic heterocycles. The second-order valence-electron chi connectivity index (χ2n) is 5.42. The Kier molecular flexibility index (Phi) is 4.86. The Morgan fingerprint density at radius 2 is 1.65 bits per heavy atom. The summed E-state index contributed by atoms with van der Waals surface area (Å²) < 4.78 is 31.9. The van der Waals surface area contributed by atoms with Crippen molar-refractivity contribution in [2.45, 2.75) is 27.2 Å². The zero-order valence-corrected chi connectivity index (χ0v) is 18.5. The highest BCUT2D eigenvalue weighted by atomic mass is 32.9. The lowest BCUT2D eigenvalue weighted by Gasteiger charge is -2.25. The summed E-state index contributed by atoms with van der Waals surface area (Å²) in [7, 11) is 1.70. The Bertz CT molecular complexity index is 1200. The molecule has 0 fully saturated rings. The molecule has 3 aromatic rings. The molecule has 1 aromatic carbocycles. The van der Waals surface area contributed by atoms with Crippen LogP contribution >= 0.6 is 53.1 Å². The first-order valence-electron chi connectivity index (χ1n) is 7.50. The maximum absolute atomic E-state index is 12.7. The van der Waals surface area contributed by atoms with E-state index in [4.69, 9.17) is 0 Å². The van der Waals surface area contributed by atoms with E-state index in [1.54, 1.807) is 24.3 Å². The van der Waals surface area contributed by atoms with Gasteiger partial charge in [-0.3, -0.25) is 4.79 Å². The lowest BCUT2D eigenvalue weighted by molar-refractivity contribution is 0.597. The molecule has 0 aliphatic carbocycles. The van der Waals surface area contributed by atoms with Crippen LogP contribution in [-0.2, 0) is 10.0 Å². The molecule has 0 N–H and O–H groups in total. The van der Waals surface area contributed by atoms with Gasteiger partial charge in [0.05, 0.1) is 4.90 Å². The van der Waals surface area contributed by atoms with Crippen molar-refractivity contribution >= 4 is 74.5 Å². The van der Waals surface area contributed by atoms with Gasteiger partial charge in [0, 0.05) is 6.54 Å². The van der Waals surface area contributed by atoms with Gasteiger partial charge in [-0.15, -0.1) is 4.40 Å². The second-order valence-corrected chi connectivity index (χ2v) is 12.8. The fourth-order valence-corrected chi connectivity index (χ4v) is 10.6. The van der Waals surface area contributed by atoms with Crippen LogP contribution in [-0.4, -0.2) is 15.0 Å². The first kappa shape index (κ1) is 18.4. The van der Waals surface area contributed by atoms with Gasteiger partial charge in [-0.2, -0.15) is 8.42 Å². The summed E-state index contributed by atoms with van der Waals surface area (Å²) in [5.41, 5.74) is 2.37. The van der Waals surface area contributed by atoms with Crippen LogP contribution in [0.4, 0.5) is 11.4 Å². The van der Waals surface area contributed by atoms with E-state index in [1.165, 1.54) is 53.1 Å². The van der Waals surface area contributed by atoms with Crippen molar-refractivity contribution < 1.29 is 8.42 Å². The van der Waals surface area contributed by atoms with Crippen molar-refractivity contribution in [3.05, 3.63) is 44.0 Å².